The minimum Gasteiger partial charge on any atom is -0.497 e. The molecule has 1 N–H and O–H groups in total. The van der Waals surface area contributed by atoms with Crippen molar-refractivity contribution >= 4 is 28.3 Å². The molecule has 32 heavy (non-hydrogen) atoms. The lowest BCUT2D eigenvalue weighted by Gasteiger charge is -2.08. The third-order valence-electron chi connectivity index (χ3n) is 5.17. The van der Waals surface area contributed by atoms with Crippen LogP contribution < -0.4 is 14.8 Å². The predicted molar refractivity (Wildman–Crippen MR) is 118 cm³/mol. The molecule has 3 aromatic carbocycles. The number of amides is 1. The molecule has 1 amide bonds. The molecule has 0 bridgehead atoms. The van der Waals surface area contributed by atoms with Gasteiger partial charge in [-0.15, -0.1) is 0 Å². The zero-order valence-electron chi connectivity index (χ0n) is 17.7. The van der Waals surface area contributed by atoms with Crippen molar-refractivity contribution in [1.82, 2.24) is 0 Å². The summed E-state index contributed by atoms with van der Waals surface area (Å²) in [6.45, 7) is 1.78. The van der Waals surface area contributed by atoms with Crippen LogP contribution >= 0.6 is 0 Å². The zero-order valence-corrected chi connectivity index (χ0v) is 17.7. The lowest BCUT2D eigenvalue weighted by Crippen LogP contribution is -2.13. The van der Waals surface area contributed by atoms with Gasteiger partial charge >= 0.3 is 0 Å². The highest BCUT2D eigenvalue weighted by Crippen LogP contribution is 2.32. The first-order valence-electron chi connectivity index (χ1n) is 9.78. The average Bonchev–Trinajstić information content (AvgIpc) is 3.14. The number of rotatable bonds is 6. The number of carbonyl (C=O) groups is 2. The highest BCUT2D eigenvalue weighted by Gasteiger charge is 2.23. The van der Waals surface area contributed by atoms with Crippen LogP contribution in [-0.4, -0.2) is 25.9 Å². The van der Waals surface area contributed by atoms with E-state index in [4.69, 9.17) is 13.9 Å². The number of carbonyl (C=O) groups excluding carboxylic acids is 2. The van der Waals surface area contributed by atoms with E-state index in [0.29, 0.717) is 33.9 Å². The van der Waals surface area contributed by atoms with Gasteiger partial charge < -0.3 is 19.2 Å². The first-order valence-corrected chi connectivity index (χ1v) is 9.78. The van der Waals surface area contributed by atoms with Gasteiger partial charge in [0.05, 0.1) is 25.3 Å². The molecule has 162 valence electrons. The van der Waals surface area contributed by atoms with Gasteiger partial charge in [-0.2, -0.15) is 0 Å². The maximum atomic E-state index is 13.9. The molecule has 7 heteroatoms. The van der Waals surface area contributed by atoms with Gasteiger partial charge in [-0.05, 0) is 49.4 Å². The van der Waals surface area contributed by atoms with E-state index in [0.717, 1.165) is 5.39 Å². The second kappa shape index (κ2) is 8.55. The number of aryl methyl sites for hydroxylation is 1. The summed E-state index contributed by atoms with van der Waals surface area (Å²) in [6.07, 6.45) is 0. The summed E-state index contributed by atoms with van der Waals surface area (Å²) < 4.78 is 30.3. The van der Waals surface area contributed by atoms with Crippen LogP contribution in [0.25, 0.3) is 11.0 Å². The standard InChI is InChI=1S/C25H20FNO5/c1-14-17-10-8-15(27-25(29)18-6-4-5-7-20(18)26)12-22(17)32-24(14)23(28)19-13-16(30-2)9-11-21(19)31-3/h4-13H,1-3H3,(H,27,29). The Bertz CT molecular complexity index is 1340. The Morgan fingerprint density at radius 1 is 0.938 bits per heavy atom. The van der Waals surface area contributed by atoms with Crippen molar-refractivity contribution in [3.05, 3.63) is 88.9 Å². The number of nitrogens with one attached hydrogen (secondary N) is 1. The molecule has 0 fully saturated rings. The summed E-state index contributed by atoms with van der Waals surface area (Å²) >= 11 is 0. The number of halogens is 1. The van der Waals surface area contributed by atoms with Gasteiger partial charge in [0.2, 0.25) is 5.78 Å². The summed E-state index contributed by atoms with van der Waals surface area (Å²) in [4.78, 5) is 25.6. The normalized spacial score (nSPS) is 10.8. The van der Waals surface area contributed by atoms with Crippen LogP contribution in [0.15, 0.2) is 65.1 Å². The molecule has 4 rings (SSSR count). The molecule has 0 spiro atoms. The maximum absolute atomic E-state index is 13.9. The van der Waals surface area contributed by atoms with E-state index in [1.165, 1.54) is 32.4 Å². The molecule has 0 aliphatic heterocycles. The largest absolute Gasteiger partial charge is 0.497 e. The van der Waals surface area contributed by atoms with Crippen molar-refractivity contribution in [3.63, 3.8) is 0 Å². The van der Waals surface area contributed by atoms with Crippen molar-refractivity contribution in [2.75, 3.05) is 19.5 Å². The van der Waals surface area contributed by atoms with Gasteiger partial charge in [0.1, 0.15) is 22.9 Å². The monoisotopic (exact) mass is 433 g/mol. The number of anilines is 1. The molecule has 0 atom stereocenters. The Kier molecular flexibility index (Phi) is 5.64. The number of methoxy groups -OCH3 is 2. The van der Waals surface area contributed by atoms with E-state index >= 15 is 0 Å². The number of benzene rings is 3. The lowest BCUT2D eigenvalue weighted by molar-refractivity contribution is 0.100. The lowest BCUT2D eigenvalue weighted by atomic mass is 10.0. The minimum atomic E-state index is -0.611. The fraction of sp³-hybridized carbons (Fsp3) is 0.120. The molecule has 0 aliphatic carbocycles. The molecule has 1 aromatic heterocycles. The summed E-state index contributed by atoms with van der Waals surface area (Å²) in [5.74, 6) is -0.478. The second-order valence-corrected chi connectivity index (χ2v) is 7.10. The molecule has 0 saturated carbocycles. The van der Waals surface area contributed by atoms with E-state index in [1.807, 2.05) is 0 Å². The Labute approximate surface area is 183 Å². The van der Waals surface area contributed by atoms with Crippen molar-refractivity contribution in [1.29, 1.82) is 0 Å². The number of hydrogen-bond donors (Lipinski definition) is 1. The topological polar surface area (TPSA) is 77.8 Å². The van der Waals surface area contributed by atoms with Crippen LogP contribution in [0.1, 0.15) is 32.0 Å². The van der Waals surface area contributed by atoms with Crippen LogP contribution in [0.4, 0.5) is 10.1 Å². The number of hydrogen-bond acceptors (Lipinski definition) is 5. The summed E-state index contributed by atoms with van der Waals surface area (Å²) in [7, 11) is 2.99. The third kappa shape index (κ3) is 3.80. The number of ether oxygens (including phenoxy) is 2. The summed E-state index contributed by atoms with van der Waals surface area (Å²) in [6, 6.07) is 15.7. The summed E-state index contributed by atoms with van der Waals surface area (Å²) in [5, 5.41) is 3.38. The van der Waals surface area contributed by atoms with E-state index in [9.17, 15) is 14.0 Å². The van der Waals surface area contributed by atoms with E-state index in [1.54, 1.807) is 49.4 Å². The van der Waals surface area contributed by atoms with Gasteiger partial charge in [0.25, 0.3) is 5.91 Å². The Morgan fingerprint density at radius 3 is 2.44 bits per heavy atom. The quantitative estimate of drug-likeness (QED) is 0.413. The smallest absolute Gasteiger partial charge is 0.258 e. The van der Waals surface area contributed by atoms with Crippen LogP contribution in [0.2, 0.25) is 0 Å². The highest BCUT2D eigenvalue weighted by atomic mass is 19.1. The zero-order chi connectivity index (χ0) is 22.8. The van der Waals surface area contributed by atoms with E-state index in [2.05, 4.69) is 5.32 Å². The first-order chi connectivity index (χ1) is 15.4. The molecule has 0 radical (unpaired) electrons. The molecular weight excluding hydrogens is 413 g/mol. The Balaban J connectivity index is 1.68. The maximum Gasteiger partial charge on any atom is 0.258 e. The van der Waals surface area contributed by atoms with Crippen molar-refractivity contribution < 1.29 is 27.9 Å². The minimum absolute atomic E-state index is 0.0655. The molecule has 0 unspecified atom stereocenters. The number of furan rings is 1. The number of fused-ring (bicyclic) bond motifs is 1. The van der Waals surface area contributed by atoms with E-state index < -0.39 is 11.7 Å². The van der Waals surface area contributed by atoms with Crippen LogP contribution in [0.3, 0.4) is 0 Å². The fourth-order valence-electron chi connectivity index (χ4n) is 3.48. The van der Waals surface area contributed by atoms with Gasteiger partial charge in [0.15, 0.2) is 5.76 Å². The fourth-order valence-corrected chi connectivity index (χ4v) is 3.48. The molecule has 6 nitrogen and oxygen atoms in total. The molecular formula is C25H20FNO5. The molecule has 4 aromatic rings. The van der Waals surface area contributed by atoms with Crippen molar-refractivity contribution in [2.24, 2.45) is 0 Å². The number of ketones is 1. The Hall–Kier alpha value is -4.13. The summed E-state index contributed by atoms with van der Waals surface area (Å²) in [5.41, 5.74) is 1.73. The van der Waals surface area contributed by atoms with Crippen molar-refractivity contribution in [3.8, 4) is 11.5 Å². The Morgan fingerprint density at radius 2 is 1.72 bits per heavy atom. The van der Waals surface area contributed by atoms with Crippen LogP contribution in [-0.2, 0) is 0 Å². The van der Waals surface area contributed by atoms with Gasteiger partial charge in [-0.1, -0.05) is 12.1 Å². The van der Waals surface area contributed by atoms with Gasteiger partial charge in [-0.3, -0.25) is 9.59 Å². The third-order valence-corrected chi connectivity index (χ3v) is 5.17. The van der Waals surface area contributed by atoms with Crippen molar-refractivity contribution in [2.45, 2.75) is 6.92 Å². The second-order valence-electron chi connectivity index (χ2n) is 7.10. The van der Waals surface area contributed by atoms with Crippen LogP contribution in [0, 0.1) is 12.7 Å². The average molecular weight is 433 g/mol. The van der Waals surface area contributed by atoms with Crippen LogP contribution in [0.5, 0.6) is 11.5 Å². The molecule has 1 heterocycles. The molecule has 0 aliphatic rings. The van der Waals surface area contributed by atoms with Gasteiger partial charge in [-0.25, -0.2) is 4.39 Å². The molecule has 0 saturated heterocycles. The SMILES string of the molecule is COc1ccc(OC)c(C(=O)c2oc3cc(NC(=O)c4ccccc4F)ccc3c2C)c1. The van der Waals surface area contributed by atoms with Gasteiger partial charge in [0, 0.05) is 22.7 Å². The van der Waals surface area contributed by atoms with E-state index in [-0.39, 0.29) is 17.1 Å². The highest BCUT2D eigenvalue weighted by molar-refractivity contribution is 6.12. The first kappa shape index (κ1) is 21.1. The predicted octanol–water partition coefficient (Wildman–Crippen LogP) is 5.38.